The van der Waals surface area contributed by atoms with Gasteiger partial charge in [-0.05, 0) is 84.6 Å². The molecule has 1 aromatic rings. The molecule has 4 rings (SSSR count). The van der Waals surface area contributed by atoms with Gasteiger partial charge in [-0.1, -0.05) is 69.8 Å². The smallest absolute Gasteiger partial charge is 0.120 e. The Bertz CT molecular complexity index is 897. The Hall–Kier alpha value is -2.22. The van der Waals surface area contributed by atoms with Gasteiger partial charge in [0.1, 0.15) is 18.1 Å². The molecule has 0 aliphatic heterocycles. The lowest BCUT2D eigenvalue weighted by Gasteiger charge is -2.26. The van der Waals surface area contributed by atoms with E-state index in [1.54, 1.807) is 23.8 Å². The minimum absolute atomic E-state index is 0.640. The molecule has 2 atom stereocenters. The molecule has 1 aromatic carbocycles. The highest BCUT2D eigenvalue weighted by Gasteiger charge is 2.31. The highest BCUT2D eigenvalue weighted by Crippen LogP contribution is 2.46. The van der Waals surface area contributed by atoms with Crippen molar-refractivity contribution in [3.05, 3.63) is 70.4 Å². The summed E-state index contributed by atoms with van der Waals surface area (Å²) in [5.74, 6) is 3.28. The normalized spacial score (nSPS) is 23.2. The van der Waals surface area contributed by atoms with E-state index in [0.29, 0.717) is 12.5 Å². The number of allylic oxidation sites excluding steroid dienone is 7. The standard InChI is InChI=1S/C30H40O2/c1-4-6-11-28-29-19-22(5-2)9-7-8-10-24(29)20-30(28)25-13-12-23(18-25)21-32-27-16-14-26(31-3)15-17-27/h13-18,20,22,28H,4-12,19,21H2,1-3H3. The van der Waals surface area contributed by atoms with Crippen LogP contribution in [0.15, 0.2) is 70.4 Å². The third kappa shape index (κ3) is 5.39. The molecule has 0 N–H and O–H groups in total. The van der Waals surface area contributed by atoms with Crippen molar-refractivity contribution >= 4 is 0 Å². The van der Waals surface area contributed by atoms with E-state index in [1.807, 2.05) is 24.3 Å². The first-order chi connectivity index (χ1) is 15.7. The summed E-state index contributed by atoms with van der Waals surface area (Å²) < 4.78 is 11.3. The van der Waals surface area contributed by atoms with Crippen LogP contribution in [0.4, 0.5) is 0 Å². The van der Waals surface area contributed by atoms with E-state index >= 15 is 0 Å². The molecule has 0 aromatic heterocycles. The molecule has 2 nitrogen and oxygen atoms in total. The fourth-order valence-electron chi connectivity index (χ4n) is 5.56. The molecule has 0 fully saturated rings. The van der Waals surface area contributed by atoms with E-state index in [4.69, 9.17) is 9.47 Å². The Labute approximate surface area is 195 Å². The van der Waals surface area contributed by atoms with Gasteiger partial charge in [0.05, 0.1) is 7.11 Å². The molecule has 0 saturated heterocycles. The van der Waals surface area contributed by atoms with Crippen LogP contribution < -0.4 is 9.47 Å². The van der Waals surface area contributed by atoms with Gasteiger partial charge in [-0.15, -0.1) is 0 Å². The molecule has 2 heteroatoms. The number of methoxy groups -OCH3 is 1. The Morgan fingerprint density at radius 3 is 2.56 bits per heavy atom. The second-order valence-corrected chi connectivity index (χ2v) is 9.70. The molecular formula is C30H40O2. The van der Waals surface area contributed by atoms with Crippen LogP contribution in [0.1, 0.15) is 78.1 Å². The summed E-state index contributed by atoms with van der Waals surface area (Å²) in [5, 5.41) is 0. The Kier molecular flexibility index (Phi) is 7.95. The van der Waals surface area contributed by atoms with Crippen LogP contribution >= 0.6 is 0 Å². The molecule has 3 aliphatic rings. The van der Waals surface area contributed by atoms with Crippen molar-refractivity contribution < 1.29 is 9.47 Å². The average molecular weight is 433 g/mol. The number of benzene rings is 1. The van der Waals surface area contributed by atoms with Crippen molar-refractivity contribution in [2.24, 2.45) is 11.8 Å². The van der Waals surface area contributed by atoms with Crippen LogP contribution in [0.3, 0.4) is 0 Å². The van der Waals surface area contributed by atoms with E-state index in [2.05, 4.69) is 32.1 Å². The monoisotopic (exact) mass is 432 g/mol. The predicted molar refractivity (Wildman–Crippen MR) is 134 cm³/mol. The first-order valence-electron chi connectivity index (χ1n) is 12.8. The van der Waals surface area contributed by atoms with Gasteiger partial charge in [0.15, 0.2) is 0 Å². The fraction of sp³-hybridized carbons (Fsp3) is 0.533. The van der Waals surface area contributed by atoms with E-state index in [-0.39, 0.29) is 0 Å². The summed E-state index contributed by atoms with van der Waals surface area (Å²) >= 11 is 0. The lowest BCUT2D eigenvalue weighted by Crippen LogP contribution is -2.12. The highest BCUT2D eigenvalue weighted by molar-refractivity contribution is 5.57. The van der Waals surface area contributed by atoms with Gasteiger partial charge in [0, 0.05) is 5.92 Å². The third-order valence-electron chi connectivity index (χ3n) is 7.54. The summed E-state index contributed by atoms with van der Waals surface area (Å²) in [6.45, 7) is 5.36. The van der Waals surface area contributed by atoms with E-state index in [1.165, 1.54) is 68.9 Å². The van der Waals surface area contributed by atoms with Gasteiger partial charge in [-0.25, -0.2) is 0 Å². The second kappa shape index (κ2) is 11.1. The summed E-state index contributed by atoms with van der Waals surface area (Å²) in [6, 6.07) is 7.87. The molecule has 3 aliphatic carbocycles. The number of ether oxygens (including phenoxy) is 2. The van der Waals surface area contributed by atoms with E-state index < -0.39 is 0 Å². The zero-order valence-corrected chi connectivity index (χ0v) is 20.3. The van der Waals surface area contributed by atoms with Gasteiger partial charge in [-0.2, -0.15) is 0 Å². The maximum atomic E-state index is 6.06. The number of hydrogen-bond acceptors (Lipinski definition) is 2. The summed E-state index contributed by atoms with van der Waals surface area (Å²) in [7, 11) is 1.69. The van der Waals surface area contributed by atoms with Crippen LogP contribution in [0.2, 0.25) is 0 Å². The minimum atomic E-state index is 0.640. The molecule has 172 valence electrons. The first-order valence-corrected chi connectivity index (χ1v) is 12.8. The van der Waals surface area contributed by atoms with E-state index in [9.17, 15) is 0 Å². The van der Waals surface area contributed by atoms with Crippen molar-refractivity contribution in [1.82, 2.24) is 0 Å². The van der Waals surface area contributed by atoms with Crippen molar-refractivity contribution in [3.63, 3.8) is 0 Å². The fourth-order valence-corrected chi connectivity index (χ4v) is 5.56. The van der Waals surface area contributed by atoms with Crippen LogP contribution in [0.5, 0.6) is 11.5 Å². The van der Waals surface area contributed by atoms with Crippen LogP contribution in [0, 0.1) is 11.8 Å². The molecule has 32 heavy (non-hydrogen) atoms. The van der Waals surface area contributed by atoms with Crippen molar-refractivity contribution in [3.8, 4) is 11.5 Å². The number of unbranched alkanes of at least 4 members (excludes halogenated alkanes) is 1. The Balaban J connectivity index is 1.46. The van der Waals surface area contributed by atoms with Crippen LogP contribution in [0.25, 0.3) is 0 Å². The Morgan fingerprint density at radius 2 is 1.81 bits per heavy atom. The molecule has 0 saturated carbocycles. The van der Waals surface area contributed by atoms with Gasteiger partial charge in [0.25, 0.3) is 0 Å². The second-order valence-electron chi connectivity index (χ2n) is 9.70. The molecule has 0 spiro atoms. The number of hydrogen-bond donors (Lipinski definition) is 0. The maximum Gasteiger partial charge on any atom is 0.120 e. The van der Waals surface area contributed by atoms with Gasteiger partial charge in [-0.3, -0.25) is 0 Å². The molecule has 0 amide bonds. The van der Waals surface area contributed by atoms with E-state index in [0.717, 1.165) is 23.8 Å². The molecule has 0 heterocycles. The quantitative estimate of drug-likeness (QED) is 0.390. The Morgan fingerprint density at radius 1 is 1.00 bits per heavy atom. The predicted octanol–water partition coefficient (Wildman–Crippen LogP) is 8.36. The minimum Gasteiger partial charge on any atom is -0.497 e. The van der Waals surface area contributed by atoms with Gasteiger partial charge in [0.2, 0.25) is 0 Å². The first kappa shape index (κ1) is 23.0. The average Bonchev–Trinajstić information content (AvgIpc) is 3.41. The van der Waals surface area contributed by atoms with Gasteiger partial charge < -0.3 is 9.47 Å². The lowest BCUT2D eigenvalue weighted by molar-refractivity contribution is 0.349. The SMILES string of the molecule is CCCCC1C(C2=CCC(COc3ccc(OC)cc3)=C2)=CC2=C1CC(CC)CCCC2. The zero-order valence-electron chi connectivity index (χ0n) is 20.3. The van der Waals surface area contributed by atoms with Crippen molar-refractivity contribution in [1.29, 1.82) is 0 Å². The molecular weight excluding hydrogens is 392 g/mol. The van der Waals surface area contributed by atoms with Crippen molar-refractivity contribution in [2.45, 2.75) is 78.1 Å². The molecule has 2 unspecified atom stereocenters. The zero-order chi connectivity index (χ0) is 22.3. The van der Waals surface area contributed by atoms with Crippen LogP contribution in [-0.4, -0.2) is 13.7 Å². The summed E-state index contributed by atoms with van der Waals surface area (Å²) in [4.78, 5) is 0. The van der Waals surface area contributed by atoms with Gasteiger partial charge >= 0.3 is 0 Å². The summed E-state index contributed by atoms with van der Waals surface area (Å²) in [5.41, 5.74) is 7.89. The molecule has 0 radical (unpaired) electrons. The topological polar surface area (TPSA) is 18.5 Å². The third-order valence-corrected chi connectivity index (χ3v) is 7.54. The molecule has 0 bridgehead atoms. The lowest BCUT2D eigenvalue weighted by atomic mass is 9.79. The van der Waals surface area contributed by atoms with Crippen LogP contribution in [-0.2, 0) is 0 Å². The number of rotatable bonds is 9. The summed E-state index contributed by atoms with van der Waals surface area (Å²) in [6.07, 6.45) is 20.4. The largest absolute Gasteiger partial charge is 0.497 e. The van der Waals surface area contributed by atoms with Crippen molar-refractivity contribution in [2.75, 3.05) is 13.7 Å². The highest BCUT2D eigenvalue weighted by atomic mass is 16.5. The maximum absolute atomic E-state index is 6.06.